The number of hydrogen-bond donors (Lipinski definition) is 1. The Morgan fingerprint density at radius 2 is 1.89 bits per heavy atom. The molecule has 5 aromatic rings. The Labute approximate surface area is 201 Å². The smallest absolute Gasteiger partial charge is 0.391 e. The first-order chi connectivity index (χ1) is 16.7. The number of H-pyrrole nitrogens is 1. The lowest BCUT2D eigenvalue weighted by molar-refractivity contribution is -0.203. The largest absolute Gasteiger partial charge is 0.456 e. The van der Waals surface area contributed by atoms with E-state index in [9.17, 15) is 13.2 Å². The van der Waals surface area contributed by atoms with E-state index in [1.165, 1.54) is 0 Å². The molecule has 0 aliphatic heterocycles. The molecule has 3 heterocycles. The average Bonchev–Trinajstić information content (AvgIpc) is 3.39. The van der Waals surface area contributed by atoms with Gasteiger partial charge in [0.2, 0.25) is 0 Å². The SMILES string of the molecule is Cc1nc2ccc(Oc3ccc4ncc(-c5cnn([C@H]6C[C@H](C(F)(F)F)C6)c5)nc4c3Cl)cc2[nH]1. The summed E-state index contributed by atoms with van der Waals surface area (Å²) in [5.41, 5.74) is 3.90. The van der Waals surface area contributed by atoms with E-state index in [1.807, 2.05) is 25.1 Å². The van der Waals surface area contributed by atoms with Crippen molar-refractivity contribution in [2.24, 2.45) is 5.92 Å². The summed E-state index contributed by atoms with van der Waals surface area (Å²) >= 11 is 6.64. The van der Waals surface area contributed by atoms with Crippen LogP contribution in [0.2, 0.25) is 5.02 Å². The van der Waals surface area contributed by atoms with E-state index in [0.29, 0.717) is 38.8 Å². The monoisotopic (exact) mass is 498 g/mol. The Balaban J connectivity index is 1.27. The third kappa shape index (κ3) is 3.97. The van der Waals surface area contributed by atoms with Crippen LogP contribution in [0, 0.1) is 12.8 Å². The van der Waals surface area contributed by atoms with Crippen LogP contribution in [0.25, 0.3) is 33.3 Å². The van der Waals surface area contributed by atoms with Gasteiger partial charge in [0.15, 0.2) is 0 Å². The van der Waals surface area contributed by atoms with Crippen molar-refractivity contribution < 1.29 is 17.9 Å². The zero-order chi connectivity index (χ0) is 24.3. The Morgan fingerprint density at radius 3 is 2.69 bits per heavy atom. The molecule has 3 aromatic heterocycles. The summed E-state index contributed by atoms with van der Waals surface area (Å²) in [4.78, 5) is 16.6. The number of aromatic amines is 1. The van der Waals surface area contributed by atoms with Crippen molar-refractivity contribution in [2.75, 3.05) is 0 Å². The molecule has 11 heteroatoms. The summed E-state index contributed by atoms with van der Waals surface area (Å²) in [6, 6.07) is 8.73. The van der Waals surface area contributed by atoms with Gasteiger partial charge in [-0.05, 0) is 44.0 Å². The van der Waals surface area contributed by atoms with Crippen molar-refractivity contribution in [1.82, 2.24) is 29.7 Å². The maximum Gasteiger partial charge on any atom is 0.391 e. The molecule has 0 unspecified atom stereocenters. The molecule has 0 saturated heterocycles. The fourth-order valence-electron chi connectivity index (χ4n) is 4.29. The van der Waals surface area contributed by atoms with Crippen LogP contribution in [0.4, 0.5) is 13.2 Å². The average molecular weight is 499 g/mol. The highest BCUT2D eigenvalue weighted by molar-refractivity contribution is 6.36. The van der Waals surface area contributed by atoms with Crippen LogP contribution < -0.4 is 4.74 Å². The van der Waals surface area contributed by atoms with E-state index in [1.54, 1.807) is 35.4 Å². The molecule has 7 nitrogen and oxygen atoms in total. The highest BCUT2D eigenvalue weighted by Crippen LogP contribution is 2.47. The van der Waals surface area contributed by atoms with Gasteiger partial charge in [-0.3, -0.25) is 9.67 Å². The van der Waals surface area contributed by atoms with Gasteiger partial charge in [0.25, 0.3) is 0 Å². The number of benzene rings is 2. The molecule has 1 aliphatic rings. The third-order valence-corrected chi connectivity index (χ3v) is 6.63. The lowest BCUT2D eigenvalue weighted by atomic mass is 9.80. The number of nitrogens with one attached hydrogen (secondary N) is 1. The van der Waals surface area contributed by atoms with E-state index in [-0.39, 0.29) is 18.9 Å². The minimum Gasteiger partial charge on any atom is -0.456 e. The fourth-order valence-corrected chi connectivity index (χ4v) is 4.53. The van der Waals surface area contributed by atoms with Crippen molar-refractivity contribution in [2.45, 2.75) is 32.0 Å². The molecule has 0 bridgehead atoms. The van der Waals surface area contributed by atoms with Crippen LogP contribution in [0.15, 0.2) is 48.9 Å². The third-order valence-electron chi connectivity index (χ3n) is 6.26. The van der Waals surface area contributed by atoms with Gasteiger partial charge >= 0.3 is 6.18 Å². The van der Waals surface area contributed by atoms with Gasteiger partial charge < -0.3 is 9.72 Å². The van der Waals surface area contributed by atoms with Crippen molar-refractivity contribution in [3.8, 4) is 22.8 Å². The van der Waals surface area contributed by atoms with Gasteiger partial charge in [0.05, 0.1) is 46.6 Å². The number of hydrogen-bond acceptors (Lipinski definition) is 5. The molecule has 1 N–H and O–H groups in total. The zero-order valence-corrected chi connectivity index (χ0v) is 19.1. The molecular weight excluding hydrogens is 481 g/mol. The number of alkyl halides is 3. The van der Waals surface area contributed by atoms with Crippen LogP contribution in [0.1, 0.15) is 24.7 Å². The molecule has 35 heavy (non-hydrogen) atoms. The van der Waals surface area contributed by atoms with Crippen molar-refractivity contribution in [3.05, 3.63) is 59.8 Å². The summed E-state index contributed by atoms with van der Waals surface area (Å²) in [6.45, 7) is 1.88. The topological polar surface area (TPSA) is 81.5 Å². The Morgan fingerprint density at radius 1 is 1.09 bits per heavy atom. The maximum absolute atomic E-state index is 12.8. The standard InChI is InChI=1S/C24H18ClF3N6O/c1-12-31-17-3-2-16(8-19(17)32-12)35-21-5-4-18-23(22(21)25)33-20(10-29-18)13-9-30-34(11-13)15-6-14(7-15)24(26,27)28/h2-5,8-11,14-15H,6-7H2,1H3,(H,31,32)/t14-,15-. The second-order valence-electron chi connectivity index (χ2n) is 8.68. The number of ether oxygens (including phenoxy) is 1. The van der Waals surface area contributed by atoms with Crippen LogP contribution in [0.5, 0.6) is 11.5 Å². The maximum atomic E-state index is 12.8. The molecular formula is C24H18ClF3N6O. The number of imidazole rings is 1. The molecule has 1 saturated carbocycles. The molecule has 0 atom stereocenters. The molecule has 0 amide bonds. The first-order valence-corrected chi connectivity index (χ1v) is 11.3. The van der Waals surface area contributed by atoms with Gasteiger partial charge in [-0.1, -0.05) is 11.6 Å². The number of aryl methyl sites for hydroxylation is 1. The first kappa shape index (κ1) is 21.8. The summed E-state index contributed by atoms with van der Waals surface area (Å²) in [5.74, 6) is 0.551. The van der Waals surface area contributed by atoms with E-state index in [4.69, 9.17) is 16.3 Å². The highest BCUT2D eigenvalue weighted by atomic mass is 35.5. The van der Waals surface area contributed by atoms with Crippen LogP contribution in [0.3, 0.4) is 0 Å². The van der Waals surface area contributed by atoms with Crippen molar-refractivity contribution in [1.29, 1.82) is 0 Å². The molecule has 0 spiro atoms. The summed E-state index contributed by atoms with van der Waals surface area (Å²) in [6.07, 6.45) is 0.773. The number of nitrogens with zero attached hydrogens (tertiary/aromatic N) is 5. The number of rotatable bonds is 4. The molecule has 6 rings (SSSR count). The van der Waals surface area contributed by atoms with Gasteiger partial charge in [-0.25, -0.2) is 9.97 Å². The van der Waals surface area contributed by atoms with E-state index in [2.05, 4.69) is 25.0 Å². The van der Waals surface area contributed by atoms with Crippen LogP contribution in [-0.2, 0) is 0 Å². The Bertz CT molecular complexity index is 1570. The normalized spacial score (nSPS) is 18.2. The second-order valence-corrected chi connectivity index (χ2v) is 9.05. The zero-order valence-electron chi connectivity index (χ0n) is 18.3. The van der Waals surface area contributed by atoms with Gasteiger partial charge in [0.1, 0.15) is 27.9 Å². The highest BCUT2D eigenvalue weighted by Gasteiger charge is 2.48. The minimum absolute atomic E-state index is 0.0322. The van der Waals surface area contributed by atoms with Gasteiger partial charge in [-0.15, -0.1) is 0 Å². The molecule has 2 aromatic carbocycles. The number of fused-ring (bicyclic) bond motifs is 2. The summed E-state index contributed by atoms with van der Waals surface area (Å²) < 4.78 is 46.0. The molecule has 1 fully saturated rings. The quantitative estimate of drug-likeness (QED) is 0.300. The second kappa shape index (κ2) is 7.94. The fraction of sp³-hybridized carbons (Fsp3) is 0.250. The lowest BCUT2D eigenvalue weighted by Gasteiger charge is -2.36. The van der Waals surface area contributed by atoms with Crippen molar-refractivity contribution in [3.63, 3.8) is 0 Å². The summed E-state index contributed by atoms with van der Waals surface area (Å²) in [7, 11) is 0. The Kier molecular flexibility index (Phi) is 4.96. The summed E-state index contributed by atoms with van der Waals surface area (Å²) in [5, 5.41) is 4.55. The number of halogens is 4. The van der Waals surface area contributed by atoms with E-state index >= 15 is 0 Å². The predicted octanol–water partition coefficient (Wildman–Crippen LogP) is 6.64. The predicted molar refractivity (Wildman–Crippen MR) is 124 cm³/mol. The number of aromatic nitrogens is 6. The van der Waals surface area contributed by atoms with E-state index < -0.39 is 12.1 Å². The van der Waals surface area contributed by atoms with Gasteiger partial charge in [0, 0.05) is 17.8 Å². The molecule has 1 aliphatic carbocycles. The Hall–Kier alpha value is -3.66. The first-order valence-electron chi connectivity index (χ1n) is 11.0. The molecule has 0 radical (unpaired) electrons. The van der Waals surface area contributed by atoms with E-state index in [0.717, 1.165) is 16.9 Å². The minimum atomic E-state index is -4.16. The lowest BCUT2D eigenvalue weighted by Crippen LogP contribution is -2.37. The van der Waals surface area contributed by atoms with Crippen LogP contribution in [-0.4, -0.2) is 35.9 Å². The van der Waals surface area contributed by atoms with Gasteiger partial charge in [-0.2, -0.15) is 18.3 Å². The van der Waals surface area contributed by atoms with Crippen LogP contribution >= 0.6 is 11.6 Å². The molecule has 178 valence electrons. The van der Waals surface area contributed by atoms with Crippen molar-refractivity contribution >= 4 is 33.7 Å².